The maximum absolute atomic E-state index is 12.0. The summed E-state index contributed by atoms with van der Waals surface area (Å²) in [5, 5.41) is 24.9. The first-order valence-electron chi connectivity index (χ1n) is 7.34. The Hall–Kier alpha value is -3.26. The molecule has 0 radical (unpaired) electrons. The fourth-order valence-corrected chi connectivity index (χ4v) is 2.11. The molecule has 0 aliphatic rings. The molecule has 0 unspecified atom stereocenters. The molecule has 2 N–H and O–H groups in total. The number of nitrogens with zero attached hydrogens (tertiary/aromatic N) is 2. The second-order valence-corrected chi connectivity index (χ2v) is 5.13. The van der Waals surface area contributed by atoms with E-state index in [0.717, 1.165) is 0 Å². The first kappa shape index (κ1) is 18.1. The second kappa shape index (κ2) is 8.02. The summed E-state index contributed by atoms with van der Waals surface area (Å²) >= 11 is 0. The van der Waals surface area contributed by atoms with Gasteiger partial charge in [-0.2, -0.15) is 5.10 Å². The maximum atomic E-state index is 12.0. The minimum atomic E-state index is -1.36. The van der Waals surface area contributed by atoms with Crippen LogP contribution < -0.4 is 10.2 Å². The lowest BCUT2D eigenvalue weighted by atomic mass is 10.1. The Morgan fingerprint density at radius 3 is 2.56 bits per heavy atom. The molecule has 1 amide bonds. The Morgan fingerprint density at radius 1 is 1.28 bits per heavy atom. The molecule has 25 heavy (non-hydrogen) atoms. The minimum absolute atomic E-state index is 0.130. The van der Waals surface area contributed by atoms with Gasteiger partial charge in [-0.1, -0.05) is 30.3 Å². The van der Waals surface area contributed by atoms with Crippen LogP contribution in [-0.4, -0.2) is 28.8 Å². The van der Waals surface area contributed by atoms with Crippen LogP contribution in [0.1, 0.15) is 24.2 Å². The number of amides is 1. The molecule has 2 aromatic rings. The van der Waals surface area contributed by atoms with Gasteiger partial charge in [0, 0.05) is 11.6 Å². The van der Waals surface area contributed by atoms with Crippen molar-refractivity contribution in [3.05, 3.63) is 69.8 Å². The second-order valence-electron chi connectivity index (χ2n) is 5.13. The summed E-state index contributed by atoms with van der Waals surface area (Å²) in [7, 11) is 1.34. The van der Waals surface area contributed by atoms with Crippen molar-refractivity contribution in [1.82, 2.24) is 5.43 Å². The molecule has 0 bridgehead atoms. The predicted octanol–water partition coefficient (Wildman–Crippen LogP) is 2.18. The number of ether oxygens (including phenoxy) is 1. The van der Waals surface area contributed by atoms with Crippen molar-refractivity contribution in [2.75, 3.05) is 7.11 Å². The highest BCUT2D eigenvalue weighted by atomic mass is 16.6. The smallest absolute Gasteiger partial charge is 0.311 e. The highest BCUT2D eigenvalue weighted by Gasteiger charge is 2.18. The van der Waals surface area contributed by atoms with Gasteiger partial charge in [0.15, 0.2) is 11.9 Å². The van der Waals surface area contributed by atoms with E-state index < -0.39 is 16.9 Å². The number of aliphatic hydroxyl groups excluding tert-OH is 1. The van der Waals surface area contributed by atoms with E-state index in [1.807, 2.05) is 0 Å². The van der Waals surface area contributed by atoms with E-state index in [0.29, 0.717) is 16.8 Å². The molecule has 8 heteroatoms. The third kappa shape index (κ3) is 4.39. The van der Waals surface area contributed by atoms with Crippen molar-refractivity contribution in [3.8, 4) is 5.75 Å². The normalized spacial score (nSPS) is 12.4. The molecule has 2 aromatic carbocycles. The molecule has 130 valence electrons. The third-order valence-corrected chi connectivity index (χ3v) is 3.49. The first-order valence-corrected chi connectivity index (χ1v) is 7.34. The molecule has 0 saturated heterocycles. The topological polar surface area (TPSA) is 114 Å². The molecule has 1 atom stereocenters. The minimum Gasteiger partial charge on any atom is -0.490 e. The van der Waals surface area contributed by atoms with E-state index in [9.17, 15) is 20.0 Å². The van der Waals surface area contributed by atoms with Crippen molar-refractivity contribution in [3.63, 3.8) is 0 Å². The number of hydrogen-bond donors (Lipinski definition) is 2. The van der Waals surface area contributed by atoms with E-state index in [2.05, 4.69) is 10.5 Å². The lowest BCUT2D eigenvalue weighted by Gasteiger charge is -2.10. The van der Waals surface area contributed by atoms with Gasteiger partial charge in [-0.3, -0.25) is 14.9 Å². The van der Waals surface area contributed by atoms with Crippen molar-refractivity contribution in [2.24, 2.45) is 5.10 Å². The summed E-state index contributed by atoms with van der Waals surface area (Å²) < 4.78 is 4.94. The number of rotatable bonds is 6. The zero-order chi connectivity index (χ0) is 18.4. The lowest BCUT2D eigenvalue weighted by molar-refractivity contribution is -0.385. The van der Waals surface area contributed by atoms with Crippen LogP contribution in [0.15, 0.2) is 53.6 Å². The van der Waals surface area contributed by atoms with Crippen LogP contribution in [0, 0.1) is 10.1 Å². The largest absolute Gasteiger partial charge is 0.490 e. The van der Waals surface area contributed by atoms with Gasteiger partial charge < -0.3 is 9.84 Å². The number of aliphatic hydroxyl groups is 1. The molecule has 2 rings (SSSR count). The monoisotopic (exact) mass is 343 g/mol. The number of nitrogens with one attached hydrogen (secondary N) is 1. The molecule has 0 heterocycles. The standard InChI is InChI=1S/C17H17N3O5/c1-11(13-8-9-15(25-2)14(10-13)20(23)24)18-19-17(22)16(21)12-6-4-3-5-7-12/h3-10,16,21H,1-2H3,(H,19,22)/b18-11-/t16-/m1/s1. The number of hydrazone groups is 1. The van der Waals surface area contributed by atoms with Crippen molar-refractivity contribution >= 4 is 17.3 Å². The van der Waals surface area contributed by atoms with E-state index in [-0.39, 0.29) is 11.4 Å². The van der Waals surface area contributed by atoms with Crippen LogP contribution in [0.4, 0.5) is 5.69 Å². The lowest BCUT2D eigenvalue weighted by Crippen LogP contribution is -2.26. The molecule has 0 spiro atoms. The van der Waals surface area contributed by atoms with E-state index in [4.69, 9.17) is 4.74 Å². The highest BCUT2D eigenvalue weighted by molar-refractivity contribution is 6.00. The first-order chi connectivity index (χ1) is 11.9. The third-order valence-electron chi connectivity index (χ3n) is 3.49. The van der Waals surface area contributed by atoms with Crippen molar-refractivity contribution in [1.29, 1.82) is 0 Å². The Labute approximate surface area is 143 Å². The quantitative estimate of drug-likeness (QED) is 0.474. The summed E-state index contributed by atoms with van der Waals surface area (Å²) in [5.74, 6) is -0.571. The molecule has 0 aliphatic carbocycles. The summed E-state index contributed by atoms with van der Waals surface area (Å²) in [6.07, 6.45) is -1.36. The molecule has 8 nitrogen and oxygen atoms in total. The van der Waals surface area contributed by atoms with Crippen molar-refractivity contribution < 1.29 is 19.6 Å². The Balaban J connectivity index is 2.15. The van der Waals surface area contributed by atoms with Crippen LogP contribution in [0.2, 0.25) is 0 Å². The highest BCUT2D eigenvalue weighted by Crippen LogP contribution is 2.27. The van der Waals surface area contributed by atoms with Gasteiger partial charge in [0.2, 0.25) is 0 Å². The number of hydrogen-bond acceptors (Lipinski definition) is 6. The summed E-state index contributed by atoms with van der Waals surface area (Å²) in [6, 6.07) is 12.8. The summed E-state index contributed by atoms with van der Waals surface area (Å²) in [6.45, 7) is 1.58. The van der Waals surface area contributed by atoms with Crippen LogP contribution in [0.3, 0.4) is 0 Å². The Kier molecular flexibility index (Phi) is 5.80. The van der Waals surface area contributed by atoms with Gasteiger partial charge in [-0.25, -0.2) is 5.43 Å². The number of methoxy groups -OCH3 is 1. The zero-order valence-electron chi connectivity index (χ0n) is 13.7. The van der Waals surface area contributed by atoms with E-state index >= 15 is 0 Å². The van der Waals surface area contributed by atoms with Gasteiger partial charge in [0.1, 0.15) is 0 Å². The van der Waals surface area contributed by atoms with Gasteiger partial charge >= 0.3 is 5.69 Å². The summed E-state index contributed by atoms with van der Waals surface area (Å²) in [5.41, 5.74) is 3.28. The number of carbonyl (C=O) groups is 1. The molecule has 0 saturated carbocycles. The Bertz CT molecular complexity index is 805. The van der Waals surface area contributed by atoms with Crippen LogP contribution in [-0.2, 0) is 4.79 Å². The molecule has 0 aromatic heterocycles. The van der Waals surface area contributed by atoms with Crippen molar-refractivity contribution in [2.45, 2.75) is 13.0 Å². The van der Waals surface area contributed by atoms with Crippen LogP contribution >= 0.6 is 0 Å². The average molecular weight is 343 g/mol. The Morgan fingerprint density at radius 2 is 1.96 bits per heavy atom. The van der Waals surface area contributed by atoms with Gasteiger partial charge in [0.25, 0.3) is 5.91 Å². The predicted molar refractivity (Wildman–Crippen MR) is 91.4 cm³/mol. The van der Waals surface area contributed by atoms with E-state index in [1.54, 1.807) is 43.3 Å². The van der Waals surface area contributed by atoms with Gasteiger partial charge in [0.05, 0.1) is 17.7 Å². The number of nitro benzene ring substituents is 1. The molecular formula is C17H17N3O5. The van der Waals surface area contributed by atoms with Gasteiger partial charge in [-0.15, -0.1) is 0 Å². The fourth-order valence-electron chi connectivity index (χ4n) is 2.11. The number of carbonyl (C=O) groups excluding carboxylic acids is 1. The zero-order valence-corrected chi connectivity index (χ0v) is 13.7. The fraction of sp³-hybridized carbons (Fsp3) is 0.176. The molecule has 0 fully saturated rings. The van der Waals surface area contributed by atoms with Crippen LogP contribution in [0.5, 0.6) is 5.75 Å². The maximum Gasteiger partial charge on any atom is 0.311 e. The number of benzene rings is 2. The molecule has 0 aliphatic heterocycles. The van der Waals surface area contributed by atoms with Gasteiger partial charge in [-0.05, 0) is 24.6 Å². The van der Waals surface area contributed by atoms with E-state index in [1.165, 1.54) is 19.2 Å². The molecular weight excluding hydrogens is 326 g/mol. The SMILES string of the molecule is COc1ccc(/C(C)=N\NC(=O)[C@H](O)c2ccccc2)cc1[N+](=O)[O-]. The van der Waals surface area contributed by atoms with Crippen LogP contribution in [0.25, 0.3) is 0 Å². The number of nitro groups is 1. The average Bonchev–Trinajstić information content (AvgIpc) is 2.65. The summed E-state index contributed by atoms with van der Waals surface area (Å²) in [4.78, 5) is 22.4.